The zero-order chi connectivity index (χ0) is 9.03. The Hall–Kier alpha value is -0.0400. The molecule has 71 valence electrons. The Morgan fingerprint density at radius 1 is 1.08 bits per heavy atom. The van der Waals surface area contributed by atoms with Gasteiger partial charge < -0.3 is 4.90 Å². The van der Waals surface area contributed by atoms with E-state index in [2.05, 4.69) is 25.7 Å². The van der Waals surface area contributed by atoms with E-state index < -0.39 is 0 Å². The van der Waals surface area contributed by atoms with Gasteiger partial charge in [-0.15, -0.1) is 0 Å². The van der Waals surface area contributed by atoms with E-state index in [1.165, 1.54) is 38.8 Å². The van der Waals surface area contributed by atoms with E-state index in [0.29, 0.717) is 0 Å². The molecule has 1 rings (SSSR count). The maximum Gasteiger partial charge on any atom is 0.00327 e. The molecule has 0 saturated carbocycles. The lowest BCUT2D eigenvalue weighted by atomic mass is 9.96. The van der Waals surface area contributed by atoms with E-state index in [-0.39, 0.29) is 5.41 Å². The molecule has 1 fully saturated rings. The molecule has 0 aromatic heterocycles. The number of likely N-dealkylation sites (tertiary alicyclic amines) is 1. The SMILES string of the molecule is [CH2]C(C)(C)CN1CCCCCC1. The lowest BCUT2D eigenvalue weighted by molar-refractivity contribution is 0.215. The Morgan fingerprint density at radius 2 is 1.58 bits per heavy atom. The fourth-order valence-electron chi connectivity index (χ4n) is 1.90. The lowest BCUT2D eigenvalue weighted by Crippen LogP contribution is -2.33. The summed E-state index contributed by atoms with van der Waals surface area (Å²) in [4.78, 5) is 2.57. The Morgan fingerprint density at radius 3 is 2.00 bits per heavy atom. The maximum atomic E-state index is 4.15. The molecule has 1 heteroatoms. The molecule has 1 radical (unpaired) electrons. The summed E-state index contributed by atoms with van der Waals surface area (Å²) >= 11 is 0. The van der Waals surface area contributed by atoms with E-state index in [4.69, 9.17) is 0 Å². The highest BCUT2D eigenvalue weighted by Crippen LogP contribution is 2.17. The summed E-state index contributed by atoms with van der Waals surface area (Å²) in [6.45, 7) is 12.3. The minimum atomic E-state index is 0.227. The predicted octanol–water partition coefficient (Wildman–Crippen LogP) is 2.72. The van der Waals surface area contributed by atoms with Gasteiger partial charge in [-0.3, -0.25) is 0 Å². The maximum absolute atomic E-state index is 4.15. The first-order valence-corrected chi connectivity index (χ1v) is 5.16. The fraction of sp³-hybridized carbons (Fsp3) is 0.909. The van der Waals surface area contributed by atoms with E-state index in [1.807, 2.05) is 0 Å². The van der Waals surface area contributed by atoms with Gasteiger partial charge in [0.15, 0.2) is 0 Å². The van der Waals surface area contributed by atoms with Crippen LogP contribution in [-0.2, 0) is 0 Å². The average molecular weight is 168 g/mol. The van der Waals surface area contributed by atoms with Gasteiger partial charge in [0.2, 0.25) is 0 Å². The summed E-state index contributed by atoms with van der Waals surface area (Å²) in [6.07, 6.45) is 5.62. The molecule has 0 aromatic rings. The van der Waals surface area contributed by atoms with Crippen molar-refractivity contribution in [2.24, 2.45) is 5.41 Å². The molecule has 0 amide bonds. The zero-order valence-corrected chi connectivity index (χ0v) is 8.60. The van der Waals surface area contributed by atoms with Crippen LogP contribution in [0.4, 0.5) is 0 Å². The van der Waals surface area contributed by atoms with Crippen LogP contribution in [0, 0.1) is 12.3 Å². The molecular formula is C11H22N. The van der Waals surface area contributed by atoms with E-state index in [9.17, 15) is 0 Å². The smallest absolute Gasteiger partial charge is 0.00327 e. The van der Waals surface area contributed by atoms with Gasteiger partial charge in [0, 0.05) is 6.54 Å². The second kappa shape index (κ2) is 4.27. The summed E-state index contributed by atoms with van der Waals surface area (Å²) in [5.41, 5.74) is 0.227. The van der Waals surface area contributed by atoms with Gasteiger partial charge in [-0.25, -0.2) is 0 Å². The number of hydrogen-bond acceptors (Lipinski definition) is 1. The Kier molecular flexibility index (Phi) is 3.57. The van der Waals surface area contributed by atoms with Gasteiger partial charge in [-0.1, -0.05) is 26.7 Å². The van der Waals surface area contributed by atoms with E-state index in [1.54, 1.807) is 0 Å². The van der Waals surface area contributed by atoms with Crippen LogP contribution < -0.4 is 0 Å². The molecule has 12 heavy (non-hydrogen) atoms. The molecular weight excluding hydrogens is 146 g/mol. The van der Waals surface area contributed by atoms with Crippen molar-refractivity contribution in [2.45, 2.75) is 39.5 Å². The van der Waals surface area contributed by atoms with Crippen LogP contribution >= 0.6 is 0 Å². The summed E-state index contributed by atoms with van der Waals surface area (Å²) in [7, 11) is 0. The average Bonchev–Trinajstić information content (AvgIpc) is 2.12. The summed E-state index contributed by atoms with van der Waals surface area (Å²) in [6, 6.07) is 0. The Labute approximate surface area is 77.1 Å². The highest BCUT2D eigenvalue weighted by molar-refractivity contribution is 4.76. The summed E-state index contributed by atoms with van der Waals surface area (Å²) in [5, 5.41) is 0. The molecule has 0 aliphatic carbocycles. The molecule has 0 bridgehead atoms. The molecule has 0 aromatic carbocycles. The Bertz CT molecular complexity index is 115. The van der Waals surface area contributed by atoms with Gasteiger partial charge >= 0.3 is 0 Å². The van der Waals surface area contributed by atoms with Crippen LogP contribution in [0.3, 0.4) is 0 Å². The molecule has 1 nitrogen and oxygen atoms in total. The van der Waals surface area contributed by atoms with Gasteiger partial charge in [-0.2, -0.15) is 0 Å². The number of hydrogen-bond donors (Lipinski definition) is 0. The van der Waals surface area contributed by atoms with Crippen LogP contribution in [0.25, 0.3) is 0 Å². The topological polar surface area (TPSA) is 3.24 Å². The first kappa shape index (κ1) is 10.0. The van der Waals surface area contributed by atoms with Crippen molar-refractivity contribution >= 4 is 0 Å². The van der Waals surface area contributed by atoms with Crippen molar-refractivity contribution in [1.82, 2.24) is 4.90 Å². The molecule has 1 saturated heterocycles. The standard InChI is InChI=1S/C11H22N/c1-11(2,3)10-12-8-6-4-5-7-9-12/h1,4-10H2,2-3H3. The van der Waals surface area contributed by atoms with Gasteiger partial charge in [-0.05, 0) is 38.3 Å². The second-order valence-electron chi connectivity index (χ2n) is 4.85. The molecule has 0 spiro atoms. The molecule has 1 aliphatic heterocycles. The van der Waals surface area contributed by atoms with Crippen molar-refractivity contribution < 1.29 is 0 Å². The number of nitrogens with zero attached hydrogens (tertiary/aromatic N) is 1. The highest BCUT2D eigenvalue weighted by Gasteiger charge is 2.17. The normalized spacial score (nSPS) is 22.2. The van der Waals surface area contributed by atoms with Gasteiger partial charge in [0.1, 0.15) is 0 Å². The van der Waals surface area contributed by atoms with Crippen LogP contribution in [0.1, 0.15) is 39.5 Å². The quantitative estimate of drug-likeness (QED) is 0.613. The van der Waals surface area contributed by atoms with Crippen LogP contribution in [0.2, 0.25) is 0 Å². The third-order valence-electron chi connectivity index (χ3n) is 2.35. The first-order valence-electron chi connectivity index (χ1n) is 5.16. The molecule has 0 atom stereocenters. The van der Waals surface area contributed by atoms with Crippen molar-refractivity contribution in [3.05, 3.63) is 6.92 Å². The van der Waals surface area contributed by atoms with Crippen molar-refractivity contribution in [1.29, 1.82) is 0 Å². The zero-order valence-electron chi connectivity index (χ0n) is 8.60. The lowest BCUT2D eigenvalue weighted by Gasteiger charge is -2.28. The third kappa shape index (κ3) is 4.10. The minimum Gasteiger partial charge on any atom is -0.303 e. The first-order chi connectivity index (χ1) is 5.58. The summed E-state index contributed by atoms with van der Waals surface area (Å²) < 4.78 is 0. The molecule has 0 N–H and O–H groups in total. The van der Waals surface area contributed by atoms with Crippen LogP contribution in [-0.4, -0.2) is 24.5 Å². The fourth-order valence-corrected chi connectivity index (χ4v) is 1.90. The third-order valence-corrected chi connectivity index (χ3v) is 2.35. The molecule has 1 heterocycles. The summed E-state index contributed by atoms with van der Waals surface area (Å²) in [5.74, 6) is 0. The van der Waals surface area contributed by atoms with E-state index in [0.717, 1.165) is 6.54 Å². The minimum absolute atomic E-state index is 0.227. The number of rotatable bonds is 2. The highest BCUT2D eigenvalue weighted by atomic mass is 15.1. The predicted molar refractivity (Wildman–Crippen MR) is 54.0 cm³/mol. The van der Waals surface area contributed by atoms with Crippen LogP contribution in [0.15, 0.2) is 0 Å². The van der Waals surface area contributed by atoms with E-state index >= 15 is 0 Å². The largest absolute Gasteiger partial charge is 0.303 e. The molecule has 1 aliphatic rings. The van der Waals surface area contributed by atoms with Crippen LogP contribution in [0.5, 0.6) is 0 Å². The van der Waals surface area contributed by atoms with Crippen molar-refractivity contribution in [2.75, 3.05) is 19.6 Å². The van der Waals surface area contributed by atoms with Crippen molar-refractivity contribution in [3.8, 4) is 0 Å². The van der Waals surface area contributed by atoms with Crippen molar-refractivity contribution in [3.63, 3.8) is 0 Å². The monoisotopic (exact) mass is 168 g/mol. The molecule has 0 unspecified atom stereocenters. The van der Waals surface area contributed by atoms with Gasteiger partial charge in [0.05, 0.1) is 0 Å². The Balaban J connectivity index is 2.30. The van der Waals surface area contributed by atoms with Gasteiger partial charge in [0.25, 0.3) is 0 Å². The second-order valence-corrected chi connectivity index (χ2v) is 4.85.